The number of sulfone groups is 1. The molecule has 2 rings (SSSR count). The highest BCUT2D eigenvalue weighted by Crippen LogP contribution is 2.25. The summed E-state index contributed by atoms with van der Waals surface area (Å²) < 4.78 is 23.1. The number of aryl methyl sites for hydroxylation is 1. The van der Waals surface area contributed by atoms with Gasteiger partial charge in [-0.05, 0) is 37.5 Å². The van der Waals surface area contributed by atoms with Gasteiger partial charge in [-0.25, -0.2) is 8.42 Å². The molecule has 0 bridgehead atoms. The topological polar surface area (TPSA) is 46.2 Å². The van der Waals surface area contributed by atoms with Crippen LogP contribution < -0.4 is 5.32 Å². The zero-order valence-corrected chi connectivity index (χ0v) is 11.3. The van der Waals surface area contributed by atoms with Crippen LogP contribution in [-0.2, 0) is 9.84 Å². The molecular formula is C12H16ClNO2S. The highest BCUT2D eigenvalue weighted by atomic mass is 35.5. The monoisotopic (exact) mass is 273 g/mol. The molecule has 1 saturated heterocycles. The molecule has 3 nitrogen and oxygen atoms in total. The van der Waals surface area contributed by atoms with Crippen molar-refractivity contribution < 1.29 is 8.42 Å². The first-order chi connectivity index (χ1) is 7.96. The minimum Gasteiger partial charge on any atom is -0.380 e. The van der Waals surface area contributed by atoms with Gasteiger partial charge in [0.05, 0.1) is 22.2 Å². The third kappa shape index (κ3) is 3.36. The van der Waals surface area contributed by atoms with Crippen molar-refractivity contribution in [2.45, 2.75) is 25.8 Å². The lowest BCUT2D eigenvalue weighted by molar-refractivity contribution is 0.562. The van der Waals surface area contributed by atoms with Gasteiger partial charge in [0.1, 0.15) is 0 Å². The average Bonchev–Trinajstić information content (AvgIpc) is 2.22. The summed E-state index contributed by atoms with van der Waals surface area (Å²) in [4.78, 5) is 0. The van der Waals surface area contributed by atoms with Crippen molar-refractivity contribution in [3.8, 4) is 0 Å². The average molecular weight is 274 g/mol. The largest absolute Gasteiger partial charge is 0.380 e. The molecule has 1 aromatic rings. The summed E-state index contributed by atoms with van der Waals surface area (Å²) in [5, 5.41) is 3.87. The molecule has 1 heterocycles. The maximum atomic E-state index is 11.5. The Balaban J connectivity index is 2.13. The first kappa shape index (κ1) is 12.7. The van der Waals surface area contributed by atoms with Crippen LogP contribution in [0.5, 0.6) is 0 Å². The number of hydrogen-bond donors (Lipinski definition) is 1. The molecular weight excluding hydrogens is 258 g/mol. The number of rotatable bonds is 2. The third-order valence-corrected chi connectivity index (χ3v) is 5.10. The summed E-state index contributed by atoms with van der Waals surface area (Å²) >= 11 is 6.07. The van der Waals surface area contributed by atoms with E-state index in [1.54, 1.807) is 0 Å². The van der Waals surface area contributed by atoms with E-state index in [4.69, 9.17) is 11.6 Å². The fourth-order valence-electron chi connectivity index (χ4n) is 2.11. The molecule has 1 unspecified atom stereocenters. The van der Waals surface area contributed by atoms with Gasteiger partial charge in [-0.3, -0.25) is 0 Å². The van der Waals surface area contributed by atoms with Gasteiger partial charge in [0.2, 0.25) is 0 Å². The van der Waals surface area contributed by atoms with Gasteiger partial charge in [-0.15, -0.1) is 0 Å². The van der Waals surface area contributed by atoms with E-state index >= 15 is 0 Å². The van der Waals surface area contributed by atoms with E-state index in [0.717, 1.165) is 24.1 Å². The van der Waals surface area contributed by atoms with Crippen molar-refractivity contribution in [2.24, 2.45) is 0 Å². The fraction of sp³-hybridized carbons (Fsp3) is 0.500. The number of anilines is 1. The molecule has 17 heavy (non-hydrogen) atoms. The molecule has 1 N–H and O–H groups in total. The molecule has 0 radical (unpaired) electrons. The van der Waals surface area contributed by atoms with Crippen LogP contribution in [0.2, 0.25) is 5.02 Å². The van der Waals surface area contributed by atoms with E-state index in [0.29, 0.717) is 10.8 Å². The summed E-state index contributed by atoms with van der Waals surface area (Å²) in [5.41, 5.74) is 1.93. The van der Waals surface area contributed by atoms with E-state index in [9.17, 15) is 8.42 Å². The van der Waals surface area contributed by atoms with Crippen molar-refractivity contribution in [2.75, 3.05) is 16.8 Å². The Morgan fingerprint density at radius 1 is 1.41 bits per heavy atom. The van der Waals surface area contributed by atoms with Crippen molar-refractivity contribution in [1.29, 1.82) is 0 Å². The molecule has 1 fully saturated rings. The Morgan fingerprint density at radius 3 is 2.88 bits per heavy atom. The summed E-state index contributed by atoms with van der Waals surface area (Å²) in [6.07, 6.45) is 1.60. The molecule has 94 valence electrons. The second-order valence-corrected chi connectivity index (χ2v) is 7.22. The second-order valence-electron chi connectivity index (χ2n) is 4.58. The predicted molar refractivity (Wildman–Crippen MR) is 71.5 cm³/mol. The molecule has 1 atom stereocenters. The summed E-state index contributed by atoms with van der Waals surface area (Å²) in [6.45, 7) is 1.99. The van der Waals surface area contributed by atoms with Crippen LogP contribution in [0.25, 0.3) is 0 Å². The van der Waals surface area contributed by atoms with Crippen molar-refractivity contribution in [3.63, 3.8) is 0 Å². The Morgan fingerprint density at radius 2 is 2.18 bits per heavy atom. The van der Waals surface area contributed by atoms with Crippen LogP contribution in [0.4, 0.5) is 5.69 Å². The first-order valence-corrected chi connectivity index (χ1v) is 7.89. The van der Waals surface area contributed by atoms with Crippen LogP contribution in [0.15, 0.2) is 18.2 Å². The predicted octanol–water partition coefficient (Wildman–Crippen LogP) is 2.64. The molecule has 1 aliphatic rings. The van der Waals surface area contributed by atoms with E-state index < -0.39 is 9.84 Å². The fourth-order valence-corrected chi connectivity index (χ4v) is 3.91. The van der Waals surface area contributed by atoms with E-state index in [1.165, 1.54) is 0 Å². The normalized spacial score (nSPS) is 23.3. The molecule has 1 aromatic carbocycles. The highest BCUT2D eigenvalue weighted by Gasteiger charge is 2.24. The highest BCUT2D eigenvalue weighted by molar-refractivity contribution is 7.91. The Labute approximate surface area is 107 Å². The van der Waals surface area contributed by atoms with Crippen molar-refractivity contribution in [3.05, 3.63) is 28.8 Å². The number of benzene rings is 1. The number of hydrogen-bond acceptors (Lipinski definition) is 3. The lowest BCUT2D eigenvalue weighted by atomic mass is 10.1. The maximum absolute atomic E-state index is 11.5. The quantitative estimate of drug-likeness (QED) is 0.901. The van der Waals surface area contributed by atoms with Crippen molar-refractivity contribution >= 4 is 27.1 Å². The molecule has 0 amide bonds. The zero-order chi connectivity index (χ0) is 12.5. The first-order valence-electron chi connectivity index (χ1n) is 5.69. The van der Waals surface area contributed by atoms with Gasteiger partial charge in [-0.2, -0.15) is 0 Å². The van der Waals surface area contributed by atoms with E-state index in [1.807, 2.05) is 25.1 Å². The van der Waals surface area contributed by atoms with Gasteiger partial charge < -0.3 is 5.32 Å². The Bertz CT molecular complexity index is 513. The van der Waals surface area contributed by atoms with Crippen LogP contribution in [-0.4, -0.2) is 26.0 Å². The summed E-state index contributed by atoms with van der Waals surface area (Å²) in [7, 11) is -2.88. The second kappa shape index (κ2) is 4.86. The third-order valence-electron chi connectivity index (χ3n) is 2.94. The Hall–Kier alpha value is -0.740. The number of halogens is 1. The minimum absolute atomic E-state index is 0.0203. The summed E-state index contributed by atoms with van der Waals surface area (Å²) in [5.74, 6) is 0.518. The van der Waals surface area contributed by atoms with E-state index in [-0.39, 0.29) is 11.8 Å². The lowest BCUT2D eigenvalue weighted by Crippen LogP contribution is -2.34. The molecule has 5 heteroatoms. The Kier molecular flexibility index (Phi) is 3.64. The lowest BCUT2D eigenvalue weighted by Gasteiger charge is -2.24. The van der Waals surface area contributed by atoms with Crippen LogP contribution >= 0.6 is 11.6 Å². The molecule has 0 spiro atoms. The van der Waals surface area contributed by atoms with Gasteiger partial charge in [0.15, 0.2) is 9.84 Å². The molecule has 0 saturated carbocycles. The van der Waals surface area contributed by atoms with Gasteiger partial charge >= 0.3 is 0 Å². The van der Waals surface area contributed by atoms with Gasteiger partial charge in [0, 0.05) is 6.04 Å². The van der Waals surface area contributed by atoms with Crippen LogP contribution in [0, 0.1) is 6.92 Å². The number of nitrogens with one attached hydrogen (secondary N) is 1. The minimum atomic E-state index is -2.88. The molecule has 0 aliphatic carbocycles. The van der Waals surface area contributed by atoms with Crippen LogP contribution in [0.1, 0.15) is 18.4 Å². The molecule has 0 aromatic heterocycles. The van der Waals surface area contributed by atoms with Gasteiger partial charge in [-0.1, -0.05) is 17.7 Å². The molecule has 1 aliphatic heterocycles. The SMILES string of the molecule is Cc1ccc(Cl)c(NC2CCCS(=O)(=O)C2)c1. The smallest absolute Gasteiger partial charge is 0.152 e. The van der Waals surface area contributed by atoms with Crippen LogP contribution in [0.3, 0.4) is 0 Å². The van der Waals surface area contributed by atoms with Crippen molar-refractivity contribution in [1.82, 2.24) is 0 Å². The maximum Gasteiger partial charge on any atom is 0.152 e. The zero-order valence-electron chi connectivity index (χ0n) is 9.74. The standard InChI is InChI=1S/C12H16ClNO2S/c1-9-4-5-11(13)12(7-9)14-10-3-2-6-17(15,16)8-10/h4-5,7,10,14H,2-3,6,8H2,1H3. The summed E-state index contributed by atoms with van der Waals surface area (Å²) in [6, 6.07) is 5.69. The van der Waals surface area contributed by atoms with Gasteiger partial charge in [0.25, 0.3) is 0 Å². The van der Waals surface area contributed by atoms with E-state index in [2.05, 4.69) is 5.32 Å².